The normalized spacial score (nSPS) is 12.5. The highest BCUT2D eigenvalue weighted by Gasteiger charge is 2.10. The highest BCUT2D eigenvalue weighted by Crippen LogP contribution is 2.25. The summed E-state index contributed by atoms with van der Waals surface area (Å²) < 4.78 is 13.3. The van der Waals surface area contributed by atoms with Crippen molar-refractivity contribution in [2.75, 3.05) is 26.1 Å². The zero-order valence-corrected chi connectivity index (χ0v) is 16.8. The van der Waals surface area contributed by atoms with Crippen LogP contribution in [0, 0.1) is 0 Å². The molecule has 7 nitrogen and oxygen atoms in total. The summed E-state index contributed by atoms with van der Waals surface area (Å²) in [5, 5.41) is 0.743. The molecule has 0 bridgehead atoms. The van der Waals surface area contributed by atoms with E-state index in [2.05, 4.69) is 21.0 Å². The van der Waals surface area contributed by atoms with E-state index in [9.17, 15) is 0 Å². The maximum absolute atomic E-state index is 6.06. The van der Waals surface area contributed by atoms with Crippen molar-refractivity contribution >= 4 is 28.6 Å². The Bertz CT molecular complexity index is 886. The van der Waals surface area contributed by atoms with Crippen molar-refractivity contribution in [2.45, 2.75) is 38.3 Å². The molecule has 3 aromatic rings. The largest absolute Gasteiger partial charge is 0.382 e. The fourth-order valence-electron chi connectivity index (χ4n) is 3.17. The molecule has 2 heterocycles. The maximum Gasteiger partial charge on any atom is 0.165 e. The SMILES string of the molecule is CO[C@H](CCCCCOCCn1cnc2c(N)ncnc21)c1cccc(Cl)c1. The number of methoxy groups -OCH3 is 1. The van der Waals surface area contributed by atoms with Crippen molar-refractivity contribution in [1.29, 1.82) is 0 Å². The van der Waals surface area contributed by atoms with Crippen LogP contribution in [-0.2, 0) is 16.0 Å². The van der Waals surface area contributed by atoms with Gasteiger partial charge < -0.3 is 19.8 Å². The molecule has 0 spiro atoms. The smallest absolute Gasteiger partial charge is 0.165 e. The number of aromatic nitrogens is 4. The second-order valence-corrected chi connectivity index (χ2v) is 7.05. The van der Waals surface area contributed by atoms with Crippen LogP contribution in [0.25, 0.3) is 11.2 Å². The van der Waals surface area contributed by atoms with E-state index >= 15 is 0 Å². The first kappa shape index (κ1) is 20.5. The Morgan fingerprint density at radius 2 is 2.04 bits per heavy atom. The number of halogens is 1. The van der Waals surface area contributed by atoms with Crippen molar-refractivity contribution in [1.82, 2.24) is 19.5 Å². The van der Waals surface area contributed by atoms with E-state index < -0.39 is 0 Å². The third-order valence-corrected chi connectivity index (χ3v) is 4.90. The molecule has 8 heteroatoms. The number of ether oxygens (including phenoxy) is 2. The van der Waals surface area contributed by atoms with Crippen LogP contribution in [0.3, 0.4) is 0 Å². The lowest BCUT2D eigenvalue weighted by Gasteiger charge is -2.16. The lowest BCUT2D eigenvalue weighted by molar-refractivity contribution is 0.0902. The number of anilines is 1. The van der Waals surface area contributed by atoms with E-state index in [-0.39, 0.29) is 6.10 Å². The van der Waals surface area contributed by atoms with Crippen molar-refractivity contribution in [3.8, 4) is 0 Å². The third-order valence-electron chi connectivity index (χ3n) is 4.67. The summed E-state index contributed by atoms with van der Waals surface area (Å²) in [4.78, 5) is 12.4. The number of benzene rings is 1. The van der Waals surface area contributed by atoms with Gasteiger partial charge in [0.05, 0.1) is 19.0 Å². The molecule has 3 rings (SSSR count). The topological polar surface area (TPSA) is 88.1 Å². The molecule has 0 radical (unpaired) electrons. The maximum atomic E-state index is 6.06. The van der Waals surface area contributed by atoms with Gasteiger partial charge in [-0.25, -0.2) is 15.0 Å². The van der Waals surface area contributed by atoms with Crippen LogP contribution in [0.5, 0.6) is 0 Å². The van der Waals surface area contributed by atoms with Gasteiger partial charge in [0.25, 0.3) is 0 Å². The van der Waals surface area contributed by atoms with E-state index in [0.717, 1.165) is 48.5 Å². The number of unbranched alkanes of at least 4 members (excludes halogenated alkanes) is 2. The Morgan fingerprint density at radius 1 is 1.14 bits per heavy atom. The van der Waals surface area contributed by atoms with E-state index in [1.165, 1.54) is 6.33 Å². The molecule has 2 N–H and O–H groups in total. The molecule has 1 atom stereocenters. The molecule has 150 valence electrons. The summed E-state index contributed by atoms with van der Waals surface area (Å²) in [7, 11) is 1.74. The lowest BCUT2D eigenvalue weighted by atomic mass is 10.0. The van der Waals surface area contributed by atoms with Gasteiger partial charge in [0.15, 0.2) is 11.5 Å². The van der Waals surface area contributed by atoms with Crippen molar-refractivity contribution in [2.24, 2.45) is 0 Å². The number of imidazole rings is 1. The number of hydrogen-bond acceptors (Lipinski definition) is 6. The lowest BCUT2D eigenvalue weighted by Crippen LogP contribution is -2.07. The van der Waals surface area contributed by atoms with E-state index in [4.69, 9.17) is 26.8 Å². The quantitative estimate of drug-likeness (QED) is 0.486. The van der Waals surface area contributed by atoms with Gasteiger partial charge in [-0.1, -0.05) is 36.6 Å². The minimum Gasteiger partial charge on any atom is -0.382 e. The van der Waals surface area contributed by atoms with Gasteiger partial charge in [-0.05, 0) is 30.5 Å². The summed E-state index contributed by atoms with van der Waals surface area (Å²) in [6, 6.07) is 7.86. The second-order valence-electron chi connectivity index (χ2n) is 6.61. The minimum absolute atomic E-state index is 0.0866. The molecule has 0 saturated heterocycles. The fourth-order valence-corrected chi connectivity index (χ4v) is 3.36. The summed E-state index contributed by atoms with van der Waals surface area (Å²) in [5.74, 6) is 0.400. The standard InChI is InChI=1S/C20H26ClN5O2/c1-27-17(15-6-5-7-16(21)12-15)8-3-2-4-10-28-11-9-26-14-25-18-19(22)23-13-24-20(18)26/h5-7,12-14,17H,2-4,8-11H2,1H3,(H2,22,23,24)/t17-/m1/s1. The van der Waals surface area contributed by atoms with Gasteiger partial charge in [-0.15, -0.1) is 0 Å². The number of nitrogen functional groups attached to an aromatic ring is 1. The number of rotatable bonds is 11. The summed E-state index contributed by atoms with van der Waals surface area (Å²) in [6.07, 6.45) is 7.43. The van der Waals surface area contributed by atoms with Crippen LogP contribution in [0.4, 0.5) is 5.82 Å². The third kappa shape index (κ3) is 5.41. The Labute approximate surface area is 169 Å². The number of nitrogens with zero attached hydrogens (tertiary/aromatic N) is 4. The molecular weight excluding hydrogens is 378 g/mol. The zero-order valence-electron chi connectivity index (χ0n) is 16.1. The molecule has 0 saturated carbocycles. The zero-order chi connectivity index (χ0) is 19.8. The van der Waals surface area contributed by atoms with Crippen LogP contribution in [0.15, 0.2) is 36.9 Å². The predicted octanol–water partition coefficient (Wildman–Crippen LogP) is 4.03. The van der Waals surface area contributed by atoms with E-state index in [1.807, 2.05) is 22.8 Å². The average Bonchev–Trinajstić information content (AvgIpc) is 3.11. The van der Waals surface area contributed by atoms with Crippen molar-refractivity contribution < 1.29 is 9.47 Å². The Morgan fingerprint density at radius 3 is 2.86 bits per heavy atom. The van der Waals surface area contributed by atoms with Crippen LogP contribution in [0.1, 0.15) is 37.4 Å². The number of fused-ring (bicyclic) bond motifs is 1. The van der Waals surface area contributed by atoms with Crippen LogP contribution >= 0.6 is 11.6 Å². The van der Waals surface area contributed by atoms with Gasteiger partial charge in [-0.2, -0.15) is 0 Å². The second kappa shape index (κ2) is 10.4. The average molecular weight is 404 g/mol. The fraction of sp³-hybridized carbons (Fsp3) is 0.450. The van der Waals surface area contributed by atoms with E-state index in [0.29, 0.717) is 24.5 Å². The highest BCUT2D eigenvalue weighted by atomic mass is 35.5. The van der Waals surface area contributed by atoms with Crippen molar-refractivity contribution in [3.63, 3.8) is 0 Å². The first-order chi connectivity index (χ1) is 13.7. The van der Waals surface area contributed by atoms with Gasteiger partial charge in [-0.3, -0.25) is 0 Å². The highest BCUT2D eigenvalue weighted by molar-refractivity contribution is 6.30. The summed E-state index contributed by atoms with van der Waals surface area (Å²) in [5.41, 5.74) is 8.30. The number of nitrogens with two attached hydrogens (primary N) is 1. The van der Waals surface area contributed by atoms with Gasteiger partial charge >= 0.3 is 0 Å². The summed E-state index contributed by atoms with van der Waals surface area (Å²) in [6.45, 7) is 2.03. The van der Waals surface area contributed by atoms with Gasteiger partial charge in [0.1, 0.15) is 11.8 Å². The molecule has 0 amide bonds. The first-order valence-electron chi connectivity index (χ1n) is 9.46. The molecule has 2 aromatic heterocycles. The van der Waals surface area contributed by atoms with E-state index in [1.54, 1.807) is 13.4 Å². The molecule has 1 aromatic carbocycles. The van der Waals surface area contributed by atoms with Crippen LogP contribution in [-0.4, -0.2) is 39.8 Å². The first-order valence-corrected chi connectivity index (χ1v) is 9.84. The minimum atomic E-state index is 0.0866. The molecule has 0 fully saturated rings. The monoisotopic (exact) mass is 403 g/mol. The Balaban J connectivity index is 1.31. The van der Waals surface area contributed by atoms with Gasteiger partial charge in [0, 0.05) is 25.3 Å². The van der Waals surface area contributed by atoms with Crippen LogP contribution < -0.4 is 5.73 Å². The molecule has 0 unspecified atom stereocenters. The van der Waals surface area contributed by atoms with Crippen molar-refractivity contribution in [3.05, 3.63) is 47.5 Å². The Hall–Kier alpha value is -2.22. The molecule has 0 aliphatic carbocycles. The molecular formula is C20H26ClN5O2. The molecule has 0 aliphatic heterocycles. The molecule has 28 heavy (non-hydrogen) atoms. The van der Waals surface area contributed by atoms with Gasteiger partial charge in [0.2, 0.25) is 0 Å². The number of hydrogen-bond donors (Lipinski definition) is 1. The van der Waals surface area contributed by atoms with Crippen LogP contribution in [0.2, 0.25) is 5.02 Å². The predicted molar refractivity (Wildman–Crippen MR) is 110 cm³/mol. The Kier molecular flexibility index (Phi) is 7.59. The molecule has 0 aliphatic rings. The summed E-state index contributed by atoms with van der Waals surface area (Å²) >= 11 is 6.06.